The van der Waals surface area contributed by atoms with Crippen molar-refractivity contribution >= 4 is 0 Å². The Morgan fingerprint density at radius 2 is 2.09 bits per heavy atom. The second-order valence-corrected chi connectivity index (χ2v) is 2.79. The molecule has 0 rings (SSSR count). The molecule has 11 heavy (non-hydrogen) atoms. The second-order valence-electron chi connectivity index (χ2n) is 2.79. The third-order valence-corrected chi connectivity index (χ3v) is 1.45. The Morgan fingerprint density at radius 1 is 1.36 bits per heavy atom. The Kier molecular flexibility index (Phi) is 7.96. The molecule has 1 N–H and O–H groups in total. The van der Waals surface area contributed by atoms with E-state index >= 15 is 0 Å². The molecule has 1 atom stereocenters. The number of hydrogen-bond acceptors (Lipinski definition) is 2. The van der Waals surface area contributed by atoms with Gasteiger partial charge in [-0.2, -0.15) is 0 Å². The molecule has 0 spiro atoms. The van der Waals surface area contributed by atoms with E-state index in [0.717, 1.165) is 13.0 Å². The number of hydrogen-bond donors (Lipinski definition) is 1. The average Bonchev–Trinajstić information content (AvgIpc) is 1.96. The normalized spacial score (nSPS) is 13.4. The summed E-state index contributed by atoms with van der Waals surface area (Å²) in [7, 11) is 0. The molecule has 0 bridgehead atoms. The Balaban J connectivity index is 2.80. The molecule has 67 valence electrons. The lowest BCUT2D eigenvalue weighted by Crippen LogP contribution is -2.11. The predicted molar refractivity (Wildman–Crippen MR) is 46.3 cm³/mol. The standard InChI is InChI=1S/C9H19O2/c1-3-4-5-6-7-11-8-9(2)10/h9-10H,2-8H2,1H3. The van der Waals surface area contributed by atoms with E-state index in [2.05, 4.69) is 13.8 Å². The lowest BCUT2D eigenvalue weighted by atomic mass is 10.2. The van der Waals surface area contributed by atoms with E-state index in [0.29, 0.717) is 6.61 Å². The van der Waals surface area contributed by atoms with Gasteiger partial charge in [-0.25, -0.2) is 0 Å². The van der Waals surface area contributed by atoms with Gasteiger partial charge < -0.3 is 9.84 Å². The molecule has 0 saturated heterocycles. The molecule has 0 fully saturated rings. The number of rotatable bonds is 7. The van der Waals surface area contributed by atoms with E-state index in [9.17, 15) is 0 Å². The van der Waals surface area contributed by atoms with E-state index in [1.54, 1.807) is 0 Å². The van der Waals surface area contributed by atoms with Crippen LogP contribution in [0, 0.1) is 6.92 Å². The monoisotopic (exact) mass is 159 g/mol. The molecule has 1 unspecified atom stereocenters. The van der Waals surface area contributed by atoms with Crippen LogP contribution in [0.5, 0.6) is 0 Å². The van der Waals surface area contributed by atoms with Gasteiger partial charge in [0.1, 0.15) is 0 Å². The van der Waals surface area contributed by atoms with Crippen LogP contribution in [0.4, 0.5) is 0 Å². The van der Waals surface area contributed by atoms with Gasteiger partial charge in [-0.05, 0) is 13.3 Å². The van der Waals surface area contributed by atoms with Gasteiger partial charge in [0.2, 0.25) is 0 Å². The summed E-state index contributed by atoms with van der Waals surface area (Å²) in [6.07, 6.45) is 4.28. The first-order chi connectivity index (χ1) is 5.27. The largest absolute Gasteiger partial charge is 0.391 e. The van der Waals surface area contributed by atoms with E-state index < -0.39 is 6.10 Å². The molecule has 0 saturated carbocycles. The zero-order chi connectivity index (χ0) is 8.53. The van der Waals surface area contributed by atoms with Crippen LogP contribution in [0.3, 0.4) is 0 Å². The van der Waals surface area contributed by atoms with E-state index in [1.165, 1.54) is 19.3 Å². The summed E-state index contributed by atoms with van der Waals surface area (Å²) < 4.78 is 5.13. The van der Waals surface area contributed by atoms with Crippen molar-refractivity contribution in [2.75, 3.05) is 13.2 Å². The van der Waals surface area contributed by atoms with Crippen LogP contribution in [0.25, 0.3) is 0 Å². The van der Waals surface area contributed by atoms with Gasteiger partial charge in [0, 0.05) is 6.61 Å². The van der Waals surface area contributed by atoms with Gasteiger partial charge in [-0.15, -0.1) is 0 Å². The van der Waals surface area contributed by atoms with Crippen molar-refractivity contribution in [2.45, 2.75) is 38.7 Å². The molecule has 0 heterocycles. The maximum atomic E-state index is 8.72. The quantitative estimate of drug-likeness (QED) is 0.574. The third kappa shape index (κ3) is 9.92. The van der Waals surface area contributed by atoms with Gasteiger partial charge in [-0.3, -0.25) is 0 Å². The molecule has 0 aliphatic carbocycles. The first-order valence-corrected chi connectivity index (χ1v) is 4.36. The maximum Gasteiger partial charge on any atom is 0.0774 e. The summed E-state index contributed by atoms with van der Waals surface area (Å²) in [6, 6.07) is 0. The first-order valence-electron chi connectivity index (χ1n) is 4.36. The highest BCUT2D eigenvalue weighted by Crippen LogP contribution is 1.98. The van der Waals surface area contributed by atoms with Crippen LogP contribution >= 0.6 is 0 Å². The summed E-state index contributed by atoms with van der Waals surface area (Å²) in [5.74, 6) is 0. The molecule has 0 amide bonds. The van der Waals surface area contributed by atoms with Crippen molar-refractivity contribution in [1.29, 1.82) is 0 Å². The molecule has 2 heteroatoms. The Bertz CT molecular complexity index is 72.0. The fraction of sp³-hybridized carbons (Fsp3) is 0.889. The molecule has 0 aromatic carbocycles. The lowest BCUT2D eigenvalue weighted by Gasteiger charge is -2.04. The van der Waals surface area contributed by atoms with E-state index in [-0.39, 0.29) is 0 Å². The number of ether oxygens (including phenoxy) is 1. The molecule has 0 aliphatic heterocycles. The predicted octanol–water partition coefficient (Wildman–Crippen LogP) is 1.78. The summed E-state index contributed by atoms with van der Waals surface area (Å²) in [5.41, 5.74) is 0. The van der Waals surface area contributed by atoms with Crippen LogP contribution in [0.15, 0.2) is 0 Å². The van der Waals surface area contributed by atoms with E-state index in [4.69, 9.17) is 9.84 Å². The summed E-state index contributed by atoms with van der Waals surface area (Å²) in [4.78, 5) is 0. The Morgan fingerprint density at radius 3 is 2.64 bits per heavy atom. The smallest absolute Gasteiger partial charge is 0.0774 e. The second kappa shape index (κ2) is 8.02. The van der Waals surface area contributed by atoms with E-state index in [1.807, 2.05) is 0 Å². The molecule has 1 radical (unpaired) electrons. The molecule has 0 aliphatic rings. The van der Waals surface area contributed by atoms with Gasteiger partial charge >= 0.3 is 0 Å². The first kappa shape index (κ1) is 10.9. The van der Waals surface area contributed by atoms with Crippen molar-refractivity contribution in [1.82, 2.24) is 0 Å². The molecule has 0 aromatic heterocycles. The van der Waals surface area contributed by atoms with Gasteiger partial charge in [0.05, 0.1) is 12.7 Å². The highest BCUT2D eigenvalue weighted by Gasteiger charge is 1.94. The highest BCUT2D eigenvalue weighted by molar-refractivity contribution is 4.53. The van der Waals surface area contributed by atoms with Crippen LogP contribution in [0.2, 0.25) is 0 Å². The molecule has 2 nitrogen and oxygen atoms in total. The molecular weight excluding hydrogens is 140 g/mol. The number of unbranched alkanes of at least 4 members (excludes halogenated alkanes) is 3. The highest BCUT2D eigenvalue weighted by atomic mass is 16.5. The van der Waals surface area contributed by atoms with Crippen molar-refractivity contribution in [3.63, 3.8) is 0 Å². The van der Waals surface area contributed by atoms with Gasteiger partial charge in [0.15, 0.2) is 0 Å². The van der Waals surface area contributed by atoms with Crippen LogP contribution in [-0.4, -0.2) is 24.4 Å². The van der Waals surface area contributed by atoms with Crippen LogP contribution in [-0.2, 0) is 4.74 Å². The minimum Gasteiger partial charge on any atom is -0.391 e. The van der Waals surface area contributed by atoms with Crippen molar-refractivity contribution in [3.05, 3.63) is 6.92 Å². The fourth-order valence-corrected chi connectivity index (χ4v) is 0.850. The maximum absolute atomic E-state index is 8.72. The summed E-state index contributed by atoms with van der Waals surface area (Å²) >= 11 is 0. The zero-order valence-electron chi connectivity index (χ0n) is 7.38. The third-order valence-electron chi connectivity index (χ3n) is 1.45. The van der Waals surface area contributed by atoms with Gasteiger partial charge in [0.25, 0.3) is 0 Å². The summed E-state index contributed by atoms with van der Waals surface area (Å²) in [6.45, 7) is 6.71. The van der Waals surface area contributed by atoms with Crippen molar-refractivity contribution in [2.24, 2.45) is 0 Å². The Hall–Kier alpha value is -0.0800. The average molecular weight is 159 g/mol. The number of aliphatic hydroxyl groups excluding tert-OH is 1. The van der Waals surface area contributed by atoms with Crippen molar-refractivity contribution < 1.29 is 9.84 Å². The number of aliphatic hydroxyl groups is 1. The van der Waals surface area contributed by atoms with Gasteiger partial charge in [-0.1, -0.05) is 26.2 Å². The molecule has 0 aromatic rings. The summed E-state index contributed by atoms with van der Waals surface area (Å²) in [5, 5.41) is 8.72. The van der Waals surface area contributed by atoms with Crippen LogP contribution in [0.1, 0.15) is 32.6 Å². The van der Waals surface area contributed by atoms with Crippen molar-refractivity contribution in [3.8, 4) is 0 Å². The topological polar surface area (TPSA) is 29.5 Å². The fourth-order valence-electron chi connectivity index (χ4n) is 0.850. The zero-order valence-corrected chi connectivity index (χ0v) is 7.38. The van der Waals surface area contributed by atoms with Crippen LogP contribution < -0.4 is 0 Å². The molecular formula is C9H19O2. The minimum atomic E-state index is -0.568. The lowest BCUT2D eigenvalue weighted by molar-refractivity contribution is 0.0564. The minimum absolute atomic E-state index is 0.367. The SMILES string of the molecule is [CH2]C(O)COCCCCCC. The Labute approximate surface area is 69.6 Å².